The van der Waals surface area contributed by atoms with E-state index in [0.717, 1.165) is 60.1 Å². The second kappa shape index (κ2) is 62.0. The molecule has 16 aromatic rings. The van der Waals surface area contributed by atoms with Gasteiger partial charge in [-0.3, -0.25) is 19.2 Å². The van der Waals surface area contributed by atoms with E-state index in [1.807, 2.05) is 188 Å². The fourth-order valence-corrected chi connectivity index (χ4v) is 14.2. The molecule has 0 atom stereocenters. The van der Waals surface area contributed by atoms with Crippen molar-refractivity contribution in [2.45, 2.75) is 0 Å². The number of carbonyl (C=O) groups is 8. The molecule has 0 aliphatic carbocycles. The van der Waals surface area contributed by atoms with Crippen LogP contribution in [0.4, 0.5) is 0 Å². The summed E-state index contributed by atoms with van der Waals surface area (Å²) in [5.41, 5.74) is 29.6. The third-order valence-corrected chi connectivity index (χ3v) is 21.8. The van der Waals surface area contributed by atoms with Crippen molar-refractivity contribution in [2.75, 3.05) is 42.1 Å². The van der Waals surface area contributed by atoms with Crippen LogP contribution in [0.2, 0.25) is 20.1 Å². The molecular formula is C106H81Br4Cl4N11O20. The standard InChI is InChI=1S/C16H12BrN3O3.C16H12BrNO3.C16H12ClN3O3.C16H12ClNO3.C13H9BrO2.C13H9ClO2.C7H4BrClO.C6H6O.C3H5N3O2/c1-22-16(21)15(19-20-18)9-11-7-8-13(10-14(11)17)23-12-5-3-2-4-6-12;1-20-16(19)15-9-12-13(17)7-11(8-14(12)18-15)21-10-5-3-2-4-6-10;1-22-16(21)14(19-20-18)9-11-7-8-12(17)10-15(11)23-13-5-3-2-4-6-13;1-20-16(19)14-9-12-13(18-14)7-10(17)8-15(12)21-11-5-3-2-4-6-11;14-13-8-12(7-6-10(13)9-15)16-11-4-2-1-3-5-11;14-11-7-6-10(9-15)13(8-11)16-12-4-2-1-3-5-12;8-7-3-6(9)2-1-5(7)4-10;7-6-4-2-1-3-5-6;1-8-3(7)2-5-6-4/h2-10H,1H3;2-9,18H,1H3;2-10H,1H3;2-9,18H,1H3;2*1-9H;1-4H;1-5,7H;2H2,1H3/b15-9-;;14-9-;;;;;;. The van der Waals surface area contributed by atoms with Crippen LogP contribution >= 0.6 is 110 Å². The molecule has 0 unspecified atom stereocenters. The lowest BCUT2D eigenvalue weighted by molar-refractivity contribution is -0.139. The molecule has 2 heterocycles. The summed E-state index contributed by atoms with van der Waals surface area (Å²) in [6.45, 7) is -0.229. The van der Waals surface area contributed by atoms with Crippen LogP contribution in [0.15, 0.2) is 384 Å². The summed E-state index contributed by atoms with van der Waals surface area (Å²) in [5.74, 6) is 5.18. The number of carbonyl (C=O) groups excluding carboxylic acids is 8. The first-order chi connectivity index (χ1) is 70.1. The average molecular weight is 2290 g/mol. The molecule has 736 valence electrons. The van der Waals surface area contributed by atoms with E-state index in [9.17, 15) is 38.4 Å². The van der Waals surface area contributed by atoms with Crippen molar-refractivity contribution in [3.63, 3.8) is 0 Å². The molecule has 39 heteroatoms. The zero-order valence-corrected chi connectivity index (χ0v) is 86.0. The number of phenolic OH excluding ortho intramolecular Hbond substituents is 1. The normalized spacial score (nSPS) is 10.0. The van der Waals surface area contributed by atoms with Gasteiger partial charge in [0.05, 0.1) is 52.1 Å². The van der Waals surface area contributed by atoms with Crippen molar-refractivity contribution in [1.29, 1.82) is 0 Å². The number of H-pyrrole nitrogens is 2. The number of aromatic amines is 2. The van der Waals surface area contributed by atoms with Crippen LogP contribution in [0.1, 0.15) is 63.2 Å². The Labute approximate surface area is 883 Å². The molecule has 0 spiro atoms. The van der Waals surface area contributed by atoms with Crippen molar-refractivity contribution in [1.82, 2.24) is 9.97 Å². The van der Waals surface area contributed by atoms with Gasteiger partial charge in [0.2, 0.25) is 0 Å². The molecule has 0 aliphatic heterocycles. The topological polar surface area (TPSA) is 436 Å². The number of esters is 5. The van der Waals surface area contributed by atoms with Gasteiger partial charge in [0, 0.05) is 104 Å². The summed E-state index contributed by atoms with van der Waals surface area (Å²) in [5, 5.41) is 22.1. The smallest absolute Gasteiger partial charge is 0.354 e. The van der Waals surface area contributed by atoms with Crippen molar-refractivity contribution >= 4 is 193 Å². The van der Waals surface area contributed by atoms with Gasteiger partial charge in [0.1, 0.15) is 104 Å². The summed E-state index contributed by atoms with van der Waals surface area (Å²) in [4.78, 5) is 102. The number of ether oxygens (including phenoxy) is 11. The number of fused-ring (bicyclic) bond motifs is 2. The Balaban J connectivity index is 0.000000203. The van der Waals surface area contributed by atoms with E-state index in [2.05, 4.69) is 118 Å². The number of aldehydes is 3. The number of benzene rings is 14. The zero-order chi connectivity index (χ0) is 105. The molecule has 0 fully saturated rings. The first-order valence-corrected chi connectivity index (χ1v) is 46.5. The largest absolute Gasteiger partial charge is 0.508 e. The molecular weight excluding hydrogens is 2210 g/mol. The van der Waals surface area contributed by atoms with Crippen LogP contribution in [0.5, 0.6) is 74.7 Å². The third-order valence-electron chi connectivity index (χ3n) is 18.2. The Morgan fingerprint density at radius 3 is 1.03 bits per heavy atom. The number of aromatic nitrogens is 2. The summed E-state index contributed by atoms with van der Waals surface area (Å²) in [6.07, 6.45) is 5.13. The molecule has 0 bridgehead atoms. The second-order valence-electron chi connectivity index (χ2n) is 28.0. The van der Waals surface area contributed by atoms with E-state index >= 15 is 0 Å². The molecule has 2 aromatic heterocycles. The molecule has 0 saturated heterocycles. The molecule has 0 saturated carbocycles. The monoisotopic (exact) mass is 2280 g/mol. The van der Waals surface area contributed by atoms with Crippen LogP contribution in [0, 0.1) is 0 Å². The lowest BCUT2D eigenvalue weighted by atomic mass is 10.1. The van der Waals surface area contributed by atoms with E-state index in [0.29, 0.717) is 133 Å². The summed E-state index contributed by atoms with van der Waals surface area (Å²) >= 11 is 37.0. The van der Waals surface area contributed by atoms with Gasteiger partial charge in [0.15, 0.2) is 18.9 Å². The van der Waals surface area contributed by atoms with Crippen LogP contribution in [-0.4, -0.2) is 106 Å². The highest BCUT2D eigenvalue weighted by molar-refractivity contribution is 9.11. The number of hydrogen-bond donors (Lipinski definition) is 3. The number of para-hydroxylation sites is 7. The molecule has 16 rings (SSSR count). The highest BCUT2D eigenvalue weighted by Crippen LogP contribution is 2.38. The van der Waals surface area contributed by atoms with E-state index in [1.165, 1.54) is 47.7 Å². The van der Waals surface area contributed by atoms with E-state index in [4.69, 9.17) is 106 Å². The maximum absolute atomic E-state index is 11.6. The maximum Gasteiger partial charge on any atom is 0.354 e. The van der Waals surface area contributed by atoms with Crippen LogP contribution < -0.4 is 28.4 Å². The highest BCUT2D eigenvalue weighted by atomic mass is 79.9. The van der Waals surface area contributed by atoms with E-state index in [-0.39, 0.29) is 17.9 Å². The minimum absolute atomic E-state index is 0.132. The number of methoxy groups -OCH3 is 5. The summed E-state index contributed by atoms with van der Waals surface area (Å²) in [7, 11) is 6.34. The fraction of sp³-hybridized carbons (Fsp3) is 0.0566. The number of rotatable bonds is 25. The van der Waals surface area contributed by atoms with Gasteiger partial charge >= 0.3 is 29.8 Å². The van der Waals surface area contributed by atoms with Crippen LogP contribution in [0.3, 0.4) is 0 Å². The van der Waals surface area contributed by atoms with E-state index < -0.39 is 29.8 Å². The Bertz CT molecular complexity index is 7280. The summed E-state index contributed by atoms with van der Waals surface area (Å²) in [6, 6.07) is 101. The van der Waals surface area contributed by atoms with Gasteiger partial charge in [-0.2, -0.15) is 0 Å². The molecule has 145 heavy (non-hydrogen) atoms. The fourth-order valence-electron chi connectivity index (χ4n) is 11.4. The first kappa shape index (κ1) is 114. The van der Waals surface area contributed by atoms with Gasteiger partial charge in [-0.15, -0.1) is 0 Å². The van der Waals surface area contributed by atoms with Crippen molar-refractivity contribution in [3.8, 4) is 74.7 Å². The number of hydrogen-bond acceptors (Lipinski definition) is 23. The van der Waals surface area contributed by atoms with Gasteiger partial charge in [-0.1, -0.05) is 227 Å². The number of nitrogens with zero attached hydrogens (tertiary/aromatic N) is 9. The van der Waals surface area contributed by atoms with Gasteiger partial charge in [0.25, 0.3) is 0 Å². The molecule has 3 N–H and O–H groups in total. The minimum atomic E-state index is -0.747. The molecule has 0 amide bonds. The lowest BCUT2D eigenvalue weighted by Crippen LogP contribution is -2.02. The number of nitrogens with one attached hydrogen (secondary N) is 2. The molecule has 31 nitrogen and oxygen atoms in total. The van der Waals surface area contributed by atoms with Gasteiger partial charge in [-0.05, 0) is 248 Å². The van der Waals surface area contributed by atoms with Crippen LogP contribution in [0.25, 0.3) is 65.3 Å². The Morgan fingerprint density at radius 1 is 0.324 bits per heavy atom. The molecule has 14 aromatic carbocycles. The predicted octanol–water partition coefficient (Wildman–Crippen LogP) is 31.7. The van der Waals surface area contributed by atoms with Crippen molar-refractivity contribution < 1.29 is 95.6 Å². The highest BCUT2D eigenvalue weighted by Gasteiger charge is 2.19. The Kier molecular flexibility index (Phi) is 48.7. The SMILES string of the molecule is COC(=O)/C(=C/c1ccc(Cl)cc1Oc1ccccc1)N=[N+]=[N-].COC(=O)/C(=C/c1ccc(Oc2ccccc2)cc1Br)N=[N+]=[N-].COC(=O)CN=[N+]=[N-].COC(=O)c1cc2c(Br)cc(Oc3ccccc3)cc2[nH]1.COC(=O)c1cc2c(Oc3ccccc3)cc(Cl)cc2[nH]1.O=Cc1ccc(Cl)cc1Br.O=Cc1ccc(Cl)cc1Oc1ccccc1.O=Cc1ccc(Oc2ccccc2)cc1Br.Oc1ccccc1. The predicted molar refractivity (Wildman–Crippen MR) is 570 cm³/mol. The average Bonchev–Trinajstić information content (AvgIpc) is 1.65. The number of azide groups is 3. The van der Waals surface area contributed by atoms with Crippen molar-refractivity contribution in [3.05, 3.63) is 460 Å². The number of aromatic hydroxyl groups is 1. The Morgan fingerprint density at radius 2 is 0.655 bits per heavy atom. The van der Waals surface area contributed by atoms with Gasteiger partial charge < -0.3 is 67.2 Å². The number of phenols is 1. The Hall–Kier alpha value is -16.4. The van der Waals surface area contributed by atoms with Gasteiger partial charge in [-0.25, -0.2) is 19.2 Å². The quantitative estimate of drug-likeness (QED) is 0.00910. The molecule has 0 aliphatic rings. The van der Waals surface area contributed by atoms with Crippen LogP contribution in [-0.2, 0) is 38.1 Å². The van der Waals surface area contributed by atoms with E-state index in [1.54, 1.807) is 152 Å². The third kappa shape index (κ3) is 39.2. The van der Waals surface area contributed by atoms with Crippen molar-refractivity contribution in [2.24, 2.45) is 15.3 Å². The zero-order valence-electron chi connectivity index (χ0n) is 76.7. The first-order valence-electron chi connectivity index (χ1n) is 41.8. The second-order valence-corrected chi connectivity index (χ2v) is 33.2. The molecule has 0 radical (unpaired) electrons. The lowest BCUT2D eigenvalue weighted by Gasteiger charge is -2.10. The number of halogens is 8. The minimum Gasteiger partial charge on any atom is -0.508 e. The maximum atomic E-state index is 11.6. The summed E-state index contributed by atoms with van der Waals surface area (Å²) < 4.78 is 60.0.